The molecule has 0 atom stereocenters. The second kappa shape index (κ2) is 8.01. The molecule has 30 heavy (non-hydrogen) atoms. The summed E-state index contributed by atoms with van der Waals surface area (Å²) in [4.78, 5) is 16.6. The lowest BCUT2D eigenvalue weighted by molar-refractivity contribution is -0.137. The zero-order valence-corrected chi connectivity index (χ0v) is 15.8. The Morgan fingerprint density at radius 3 is 2.43 bits per heavy atom. The van der Waals surface area contributed by atoms with Gasteiger partial charge in [-0.3, -0.25) is 15.2 Å². The molecule has 0 unspecified atom stereocenters. The number of carbonyl (C=O) groups is 1. The zero-order chi connectivity index (χ0) is 22.1. The van der Waals surface area contributed by atoms with E-state index in [9.17, 15) is 27.5 Å². The van der Waals surface area contributed by atoms with Crippen LogP contribution in [0.2, 0.25) is 0 Å². The second-order valence-electron chi connectivity index (χ2n) is 6.61. The molecule has 0 aliphatic carbocycles. The van der Waals surface area contributed by atoms with Crippen molar-refractivity contribution in [3.8, 4) is 5.75 Å². The molecule has 4 N–H and O–H groups in total. The van der Waals surface area contributed by atoms with Crippen molar-refractivity contribution < 1.29 is 27.5 Å². The van der Waals surface area contributed by atoms with E-state index in [-0.39, 0.29) is 40.0 Å². The topological polar surface area (TPSA) is 102 Å². The van der Waals surface area contributed by atoms with Gasteiger partial charge in [0.15, 0.2) is 5.82 Å². The quantitative estimate of drug-likeness (QED) is 0.290. The van der Waals surface area contributed by atoms with E-state index in [1.807, 2.05) is 0 Å². The van der Waals surface area contributed by atoms with Gasteiger partial charge in [-0.05, 0) is 50.2 Å². The van der Waals surface area contributed by atoms with Crippen molar-refractivity contribution in [2.24, 2.45) is 4.99 Å². The highest BCUT2D eigenvalue weighted by molar-refractivity contribution is 6.12. The number of anilines is 1. The normalized spacial score (nSPS) is 12.4. The van der Waals surface area contributed by atoms with Crippen molar-refractivity contribution >= 4 is 28.6 Å². The number of carbonyl (C=O) groups excluding carboxylic acids is 1. The minimum absolute atomic E-state index is 0.0306. The average Bonchev–Trinajstić information content (AvgIpc) is 3.08. The molecule has 1 aromatic heterocycles. The van der Waals surface area contributed by atoms with Crippen molar-refractivity contribution in [1.82, 2.24) is 15.5 Å². The Labute approximate surface area is 167 Å². The van der Waals surface area contributed by atoms with Gasteiger partial charge in [0.25, 0.3) is 5.91 Å². The predicted octanol–water partition coefficient (Wildman–Crippen LogP) is 4.03. The number of aromatic amines is 1. The highest BCUT2D eigenvalue weighted by Crippen LogP contribution is 2.30. The van der Waals surface area contributed by atoms with E-state index >= 15 is 0 Å². The molecule has 0 aliphatic heterocycles. The first-order valence-corrected chi connectivity index (χ1v) is 8.75. The third-order valence-corrected chi connectivity index (χ3v) is 3.98. The Balaban J connectivity index is 1.86. The molecule has 3 aromatic rings. The molecule has 11 heteroatoms. The maximum absolute atomic E-state index is 14.2. The van der Waals surface area contributed by atoms with Crippen LogP contribution >= 0.6 is 0 Å². The minimum atomic E-state index is -4.52. The van der Waals surface area contributed by atoms with Crippen LogP contribution in [0.25, 0.3) is 10.9 Å². The Morgan fingerprint density at radius 2 is 1.83 bits per heavy atom. The standard InChI is InChI=1S/C19H17F4N5O2/c1-9(2)24-18(25-16-14-12(20)7-8-13(29)15(14)27-28-16)26-17(30)10-3-5-11(6-4-10)19(21,22)23/h3-9,29H,1-2H3,(H3,24,25,26,27,28,30). The maximum atomic E-state index is 14.2. The molecule has 0 radical (unpaired) electrons. The first-order chi connectivity index (χ1) is 14.1. The van der Waals surface area contributed by atoms with Crippen LogP contribution in [-0.2, 0) is 6.18 Å². The Kier molecular flexibility index (Phi) is 5.63. The van der Waals surface area contributed by atoms with Crippen molar-refractivity contribution in [2.45, 2.75) is 26.1 Å². The number of aromatic hydroxyl groups is 1. The summed E-state index contributed by atoms with van der Waals surface area (Å²) >= 11 is 0. The lowest BCUT2D eigenvalue weighted by Gasteiger charge is -2.12. The summed E-state index contributed by atoms with van der Waals surface area (Å²) in [7, 11) is 0. The number of hydrogen-bond donors (Lipinski definition) is 4. The zero-order valence-electron chi connectivity index (χ0n) is 15.8. The minimum Gasteiger partial charge on any atom is -0.506 e. The van der Waals surface area contributed by atoms with Gasteiger partial charge >= 0.3 is 6.18 Å². The van der Waals surface area contributed by atoms with Crippen LogP contribution < -0.4 is 10.6 Å². The average molecular weight is 423 g/mol. The van der Waals surface area contributed by atoms with Gasteiger partial charge in [-0.25, -0.2) is 9.38 Å². The molecule has 0 fully saturated rings. The van der Waals surface area contributed by atoms with Crippen LogP contribution in [0, 0.1) is 5.82 Å². The van der Waals surface area contributed by atoms with Crippen LogP contribution in [0.15, 0.2) is 41.4 Å². The molecular formula is C19H17F4N5O2. The number of alkyl halides is 3. The molecule has 7 nitrogen and oxygen atoms in total. The van der Waals surface area contributed by atoms with Crippen LogP contribution in [0.1, 0.15) is 29.8 Å². The maximum Gasteiger partial charge on any atom is 0.416 e. The molecule has 158 valence electrons. The van der Waals surface area contributed by atoms with Gasteiger partial charge < -0.3 is 10.4 Å². The number of aromatic nitrogens is 2. The van der Waals surface area contributed by atoms with Crippen LogP contribution in [0.3, 0.4) is 0 Å². The largest absolute Gasteiger partial charge is 0.506 e. The van der Waals surface area contributed by atoms with Gasteiger partial charge in [-0.2, -0.15) is 18.3 Å². The van der Waals surface area contributed by atoms with Gasteiger partial charge in [0, 0.05) is 11.6 Å². The number of phenolic OH excluding ortho intramolecular Hbond substituents is 1. The number of nitrogens with one attached hydrogen (secondary N) is 3. The third-order valence-electron chi connectivity index (χ3n) is 3.98. The first-order valence-electron chi connectivity index (χ1n) is 8.75. The summed E-state index contributed by atoms with van der Waals surface area (Å²) in [6.45, 7) is 3.45. The molecule has 0 saturated heterocycles. The van der Waals surface area contributed by atoms with E-state index in [0.29, 0.717) is 0 Å². The molecule has 0 bridgehead atoms. The number of fused-ring (bicyclic) bond motifs is 1. The smallest absolute Gasteiger partial charge is 0.416 e. The van der Waals surface area contributed by atoms with Crippen LogP contribution in [-0.4, -0.2) is 33.2 Å². The van der Waals surface area contributed by atoms with Crippen molar-refractivity contribution in [3.63, 3.8) is 0 Å². The van der Waals surface area contributed by atoms with E-state index in [0.717, 1.165) is 36.4 Å². The van der Waals surface area contributed by atoms with Gasteiger partial charge in [-0.15, -0.1) is 0 Å². The first kappa shape index (κ1) is 21.1. The molecule has 2 aromatic carbocycles. The monoisotopic (exact) mass is 423 g/mol. The summed E-state index contributed by atoms with van der Waals surface area (Å²) in [5.74, 6) is -1.74. The van der Waals surface area contributed by atoms with Crippen LogP contribution in [0.5, 0.6) is 5.75 Å². The Morgan fingerprint density at radius 1 is 1.17 bits per heavy atom. The second-order valence-corrected chi connectivity index (χ2v) is 6.61. The number of guanidine groups is 1. The summed E-state index contributed by atoms with van der Waals surface area (Å²) in [6.07, 6.45) is -4.52. The molecule has 0 spiro atoms. The van der Waals surface area contributed by atoms with Crippen LogP contribution in [0.4, 0.5) is 23.4 Å². The lowest BCUT2D eigenvalue weighted by Crippen LogP contribution is -2.37. The van der Waals surface area contributed by atoms with Crippen molar-refractivity contribution in [2.75, 3.05) is 5.32 Å². The molecule has 0 aliphatic rings. The fourth-order valence-electron chi connectivity index (χ4n) is 2.63. The summed E-state index contributed by atoms with van der Waals surface area (Å²) < 4.78 is 52.3. The molecule has 1 heterocycles. The van der Waals surface area contributed by atoms with E-state index < -0.39 is 23.5 Å². The number of rotatable bonds is 3. The fraction of sp³-hybridized carbons (Fsp3) is 0.211. The number of H-pyrrole nitrogens is 1. The van der Waals surface area contributed by atoms with Gasteiger partial charge in [0.2, 0.25) is 5.96 Å². The summed E-state index contributed by atoms with van der Waals surface area (Å²) in [6, 6.07) is 5.58. The van der Waals surface area contributed by atoms with E-state index in [4.69, 9.17) is 0 Å². The Bertz CT molecular complexity index is 1100. The SMILES string of the molecule is CC(C)N=C(NC(=O)c1ccc(C(F)(F)F)cc1)Nc1n[nH]c2c(O)ccc(F)c12. The predicted molar refractivity (Wildman–Crippen MR) is 103 cm³/mol. The number of halogens is 4. The van der Waals surface area contributed by atoms with E-state index in [1.54, 1.807) is 13.8 Å². The molecule has 3 rings (SSSR count). The third kappa shape index (κ3) is 4.50. The summed E-state index contributed by atoms with van der Waals surface area (Å²) in [5, 5.41) is 21.3. The number of nitrogens with zero attached hydrogens (tertiary/aromatic N) is 2. The molecule has 0 saturated carbocycles. The van der Waals surface area contributed by atoms with Crippen molar-refractivity contribution in [3.05, 3.63) is 53.3 Å². The van der Waals surface area contributed by atoms with Crippen molar-refractivity contribution in [1.29, 1.82) is 0 Å². The number of amides is 1. The van der Waals surface area contributed by atoms with E-state index in [2.05, 4.69) is 25.8 Å². The van der Waals surface area contributed by atoms with Gasteiger partial charge in [0.1, 0.15) is 17.1 Å². The number of aliphatic imine (C=N–C) groups is 1. The lowest BCUT2D eigenvalue weighted by atomic mass is 10.1. The Hall–Kier alpha value is -3.63. The number of hydrogen-bond acceptors (Lipinski definition) is 4. The van der Waals surface area contributed by atoms with Gasteiger partial charge in [-0.1, -0.05) is 0 Å². The number of benzene rings is 2. The summed E-state index contributed by atoms with van der Waals surface area (Å²) in [5.41, 5.74) is -0.862. The highest BCUT2D eigenvalue weighted by Gasteiger charge is 2.30. The highest BCUT2D eigenvalue weighted by atomic mass is 19.4. The number of phenols is 1. The van der Waals surface area contributed by atoms with E-state index in [1.165, 1.54) is 0 Å². The van der Waals surface area contributed by atoms with Gasteiger partial charge in [0.05, 0.1) is 10.9 Å². The molecule has 1 amide bonds. The fourth-order valence-corrected chi connectivity index (χ4v) is 2.63. The molecular weight excluding hydrogens is 406 g/mol.